The maximum absolute atomic E-state index is 12.1. The van der Waals surface area contributed by atoms with E-state index in [2.05, 4.69) is 5.32 Å². The lowest BCUT2D eigenvalue weighted by atomic mass is 10.1. The van der Waals surface area contributed by atoms with Crippen molar-refractivity contribution in [3.8, 4) is 0 Å². The SMILES string of the molecule is CCN(CC(C)(C)O)C(=O)C1CSCCN1. The molecule has 1 aliphatic heterocycles. The Bertz CT molecular complexity index is 235. The van der Waals surface area contributed by atoms with Gasteiger partial charge in [0.2, 0.25) is 5.91 Å². The summed E-state index contributed by atoms with van der Waals surface area (Å²) in [5.74, 6) is 2.01. The fourth-order valence-electron chi connectivity index (χ4n) is 1.76. The Morgan fingerprint density at radius 3 is 2.75 bits per heavy atom. The third kappa shape index (κ3) is 4.31. The summed E-state index contributed by atoms with van der Waals surface area (Å²) in [5.41, 5.74) is -0.826. The van der Waals surface area contributed by atoms with E-state index < -0.39 is 5.60 Å². The van der Waals surface area contributed by atoms with Gasteiger partial charge in [0, 0.05) is 31.1 Å². The zero-order chi connectivity index (χ0) is 12.2. The fraction of sp³-hybridized carbons (Fsp3) is 0.909. The first-order chi connectivity index (χ1) is 7.44. The average Bonchev–Trinajstić information content (AvgIpc) is 2.25. The van der Waals surface area contributed by atoms with Gasteiger partial charge in [0.05, 0.1) is 11.6 Å². The predicted octanol–water partition coefficient (Wildman–Crippen LogP) is 0.311. The number of hydrogen-bond acceptors (Lipinski definition) is 4. The zero-order valence-electron chi connectivity index (χ0n) is 10.3. The summed E-state index contributed by atoms with van der Waals surface area (Å²) in [6, 6.07) is -0.0824. The maximum atomic E-state index is 12.1. The molecule has 0 aliphatic carbocycles. The van der Waals surface area contributed by atoms with Gasteiger partial charge in [-0.2, -0.15) is 11.8 Å². The van der Waals surface area contributed by atoms with E-state index in [4.69, 9.17) is 0 Å². The second-order valence-corrected chi connectivity index (χ2v) is 5.90. The Hall–Kier alpha value is -0.260. The van der Waals surface area contributed by atoms with E-state index in [1.54, 1.807) is 30.5 Å². The summed E-state index contributed by atoms with van der Waals surface area (Å²) in [5, 5.41) is 13.0. The number of thioether (sulfide) groups is 1. The van der Waals surface area contributed by atoms with E-state index in [1.807, 2.05) is 6.92 Å². The molecule has 1 saturated heterocycles. The quantitative estimate of drug-likeness (QED) is 0.750. The van der Waals surface area contributed by atoms with Crippen LogP contribution < -0.4 is 5.32 Å². The number of amides is 1. The van der Waals surface area contributed by atoms with E-state index in [9.17, 15) is 9.90 Å². The number of nitrogens with one attached hydrogen (secondary N) is 1. The van der Waals surface area contributed by atoms with Crippen molar-refractivity contribution in [3.63, 3.8) is 0 Å². The number of carbonyl (C=O) groups excluding carboxylic acids is 1. The highest BCUT2D eigenvalue weighted by Gasteiger charge is 2.28. The van der Waals surface area contributed by atoms with Gasteiger partial charge in [0.25, 0.3) is 0 Å². The lowest BCUT2D eigenvalue weighted by Gasteiger charge is -2.32. The maximum Gasteiger partial charge on any atom is 0.240 e. The zero-order valence-corrected chi connectivity index (χ0v) is 11.1. The van der Waals surface area contributed by atoms with Gasteiger partial charge in [-0.1, -0.05) is 0 Å². The molecule has 16 heavy (non-hydrogen) atoms. The summed E-state index contributed by atoms with van der Waals surface area (Å²) < 4.78 is 0. The van der Waals surface area contributed by atoms with Crippen LogP contribution in [-0.2, 0) is 4.79 Å². The number of rotatable bonds is 4. The summed E-state index contributed by atoms with van der Waals surface area (Å²) in [7, 11) is 0. The molecule has 0 aromatic rings. The van der Waals surface area contributed by atoms with Gasteiger partial charge < -0.3 is 15.3 Å². The molecule has 2 N–H and O–H groups in total. The highest BCUT2D eigenvalue weighted by molar-refractivity contribution is 7.99. The van der Waals surface area contributed by atoms with Crippen LogP contribution >= 0.6 is 11.8 Å². The Morgan fingerprint density at radius 1 is 1.62 bits per heavy atom. The first-order valence-corrected chi connectivity index (χ1v) is 6.92. The molecular weight excluding hydrogens is 224 g/mol. The lowest BCUT2D eigenvalue weighted by Crippen LogP contribution is -2.53. The number of carbonyl (C=O) groups is 1. The topological polar surface area (TPSA) is 52.6 Å². The van der Waals surface area contributed by atoms with Crippen LogP contribution in [0, 0.1) is 0 Å². The van der Waals surface area contributed by atoms with Crippen LogP contribution in [0.2, 0.25) is 0 Å². The lowest BCUT2D eigenvalue weighted by molar-refractivity contribution is -0.135. The summed E-state index contributed by atoms with van der Waals surface area (Å²) >= 11 is 1.80. The van der Waals surface area contributed by atoms with Crippen molar-refractivity contribution >= 4 is 17.7 Å². The molecule has 0 aromatic carbocycles. The van der Waals surface area contributed by atoms with E-state index in [0.717, 1.165) is 18.1 Å². The molecule has 0 bridgehead atoms. The highest BCUT2D eigenvalue weighted by atomic mass is 32.2. The van der Waals surface area contributed by atoms with Gasteiger partial charge in [0.1, 0.15) is 0 Å². The Morgan fingerprint density at radius 2 is 2.31 bits per heavy atom. The predicted molar refractivity (Wildman–Crippen MR) is 67.7 cm³/mol. The second kappa shape index (κ2) is 5.89. The monoisotopic (exact) mass is 246 g/mol. The van der Waals surface area contributed by atoms with E-state index in [-0.39, 0.29) is 11.9 Å². The molecule has 0 saturated carbocycles. The fourth-order valence-corrected chi connectivity index (χ4v) is 2.68. The Labute approximate surface area is 102 Å². The van der Waals surface area contributed by atoms with Crippen LogP contribution in [0.25, 0.3) is 0 Å². The molecular formula is C11H22N2O2S. The first-order valence-electron chi connectivity index (χ1n) is 5.76. The normalized spacial score (nSPS) is 21.9. The second-order valence-electron chi connectivity index (χ2n) is 4.75. The highest BCUT2D eigenvalue weighted by Crippen LogP contribution is 2.12. The molecule has 1 rings (SSSR count). The molecule has 94 valence electrons. The van der Waals surface area contributed by atoms with Gasteiger partial charge in [-0.25, -0.2) is 0 Å². The van der Waals surface area contributed by atoms with Crippen LogP contribution in [0.3, 0.4) is 0 Å². The first kappa shape index (κ1) is 13.8. The molecule has 0 radical (unpaired) electrons. The standard InChI is InChI=1S/C11H22N2O2S/c1-4-13(8-11(2,3)15)10(14)9-7-16-6-5-12-9/h9,12,15H,4-8H2,1-3H3. The van der Waals surface area contributed by atoms with Gasteiger partial charge in [-0.3, -0.25) is 4.79 Å². The Kier molecular flexibility index (Phi) is 5.08. The van der Waals surface area contributed by atoms with Gasteiger partial charge >= 0.3 is 0 Å². The van der Waals surface area contributed by atoms with E-state index >= 15 is 0 Å². The smallest absolute Gasteiger partial charge is 0.240 e. The summed E-state index contributed by atoms with van der Waals surface area (Å²) in [4.78, 5) is 13.9. The van der Waals surface area contributed by atoms with E-state index in [0.29, 0.717) is 13.1 Å². The minimum atomic E-state index is -0.826. The molecule has 1 amide bonds. The molecule has 1 heterocycles. The number of nitrogens with zero attached hydrogens (tertiary/aromatic N) is 1. The molecule has 5 heteroatoms. The molecule has 0 aromatic heterocycles. The van der Waals surface area contributed by atoms with Crippen molar-refractivity contribution in [3.05, 3.63) is 0 Å². The summed E-state index contributed by atoms with van der Waals surface area (Å²) in [6.45, 7) is 7.33. The van der Waals surface area contributed by atoms with Gasteiger partial charge in [-0.15, -0.1) is 0 Å². The minimum Gasteiger partial charge on any atom is -0.389 e. The van der Waals surface area contributed by atoms with Crippen LogP contribution in [0.5, 0.6) is 0 Å². The van der Waals surface area contributed by atoms with Crippen molar-refractivity contribution in [2.75, 3.05) is 31.1 Å². The molecule has 1 atom stereocenters. The van der Waals surface area contributed by atoms with Crippen LogP contribution in [0.1, 0.15) is 20.8 Å². The third-order valence-corrected chi connectivity index (χ3v) is 3.55. The Balaban J connectivity index is 2.54. The van der Waals surface area contributed by atoms with Gasteiger partial charge in [0.15, 0.2) is 0 Å². The number of hydrogen-bond donors (Lipinski definition) is 2. The summed E-state index contributed by atoms with van der Waals surface area (Å²) in [6.07, 6.45) is 0. The molecule has 1 fully saturated rings. The third-order valence-electron chi connectivity index (χ3n) is 2.49. The average molecular weight is 246 g/mol. The van der Waals surface area contributed by atoms with Crippen molar-refractivity contribution in [1.29, 1.82) is 0 Å². The molecule has 1 unspecified atom stereocenters. The van der Waals surface area contributed by atoms with Crippen molar-refractivity contribution in [2.24, 2.45) is 0 Å². The molecule has 0 spiro atoms. The van der Waals surface area contributed by atoms with E-state index in [1.165, 1.54) is 0 Å². The molecule has 4 nitrogen and oxygen atoms in total. The van der Waals surface area contributed by atoms with Crippen molar-refractivity contribution in [2.45, 2.75) is 32.4 Å². The largest absolute Gasteiger partial charge is 0.389 e. The van der Waals surface area contributed by atoms with Crippen LogP contribution in [-0.4, -0.2) is 58.7 Å². The van der Waals surface area contributed by atoms with Crippen molar-refractivity contribution < 1.29 is 9.90 Å². The number of likely N-dealkylation sites (N-methyl/N-ethyl adjacent to an activating group) is 1. The van der Waals surface area contributed by atoms with Crippen molar-refractivity contribution in [1.82, 2.24) is 10.2 Å². The number of aliphatic hydroxyl groups is 1. The minimum absolute atomic E-state index is 0.0824. The van der Waals surface area contributed by atoms with Crippen LogP contribution in [0.15, 0.2) is 0 Å². The molecule has 1 aliphatic rings. The van der Waals surface area contributed by atoms with Gasteiger partial charge in [-0.05, 0) is 20.8 Å². The van der Waals surface area contributed by atoms with Crippen LogP contribution in [0.4, 0.5) is 0 Å².